The molecule has 7 nitrogen and oxygen atoms in total. The van der Waals surface area contributed by atoms with Gasteiger partial charge in [-0.15, -0.1) is 0 Å². The second-order valence-electron chi connectivity index (χ2n) is 5.79. The molecule has 25 heavy (non-hydrogen) atoms. The van der Waals surface area contributed by atoms with Crippen LogP contribution in [0.25, 0.3) is 0 Å². The van der Waals surface area contributed by atoms with E-state index in [1.165, 1.54) is 24.5 Å². The quantitative estimate of drug-likeness (QED) is 0.610. The lowest BCUT2D eigenvalue weighted by atomic mass is 10.2. The second-order valence-corrected chi connectivity index (χ2v) is 5.79. The number of piperazine rings is 1. The Balaban J connectivity index is 1.56. The lowest BCUT2D eigenvalue weighted by molar-refractivity contribution is -0.384. The summed E-state index contributed by atoms with van der Waals surface area (Å²) in [5.74, 6) is 0.514. The number of halogens is 2. The third-order valence-electron chi connectivity index (χ3n) is 4.15. The van der Waals surface area contributed by atoms with Crippen molar-refractivity contribution in [1.29, 1.82) is 0 Å². The molecule has 0 aliphatic carbocycles. The molecular weight excluding hydrogens is 332 g/mol. The predicted molar refractivity (Wildman–Crippen MR) is 87.6 cm³/mol. The zero-order chi connectivity index (χ0) is 17.8. The van der Waals surface area contributed by atoms with Gasteiger partial charge in [-0.25, -0.2) is 18.7 Å². The number of nitro benzene ring substituents is 1. The number of aromatic nitrogens is 2. The van der Waals surface area contributed by atoms with Crippen LogP contribution in [0, 0.1) is 10.1 Å². The van der Waals surface area contributed by atoms with Crippen molar-refractivity contribution in [2.45, 2.75) is 13.0 Å². The minimum Gasteiger partial charge on any atom is -0.354 e. The van der Waals surface area contributed by atoms with Crippen LogP contribution in [-0.4, -0.2) is 46.0 Å². The number of nitro groups is 1. The molecule has 9 heteroatoms. The van der Waals surface area contributed by atoms with Crippen LogP contribution in [-0.2, 0) is 6.54 Å². The SMILES string of the molecule is O=[N+]([O-])c1ccc(CN2CCN(c3cc(C(F)F)ncn3)CC2)cc1. The van der Waals surface area contributed by atoms with Gasteiger partial charge in [-0.1, -0.05) is 12.1 Å². The van der Waals surface area contributed by atoms with Crippen molar-refractivity contribution >= 4 is 11.5 Å². The summed E-state index contributed by atoms with van der Waals surface area (Å²) in [5, 5.41) is 10.7. The van der Waals surface area contributed by atoms with Gasteiger partial charge in [0.25, 0.3) is 12.1 Å². The maximum absolute atomic E-state index is 12.7. The molecule has 1 aromatic carbocycles. The highest BCUT2D eigenvalue weighted by Crippen LogP contribution is 2.21. The van der Waals surface area contributed by atoms with E-state index >= 15 is 0 Å². The number of benzene rings is 1. The molecule has 0 radical (unpaired) electrons. The molecule has 3 rings (SSSR count). The summed E-state index contributed by atoms with van der Waals surface area (Å²) in [6.07, 6.45) is -1.44. The first kappa shape index (κ1) is 17.2. The molecule has 1 aliphatic rings. The molecule has 1 fully saturated rings. The number of hydrogen-bond donors (Lipinski definition) is 0. The molecule has 0 spiro atoms. The lowest BCUT2D eigenvalue weighted by Gasteiger charge is -2.35. The summed E-state index contributed by atoms with van der Waals surface area (Å²) in [6.45, 7) is 3.55. The maximum Gasteiger partial charge on any atom is 0.280 e. The van der Waals surface area contributed by atoms with Gasteiger partial charge in [-0.3, -0.25) is 15.0 Å². The van der Waals surface area contributed by atoms with E-state index < -0.39 is 11.3 Å². The van der Waals surface area contributed by atoms with E-state index in [1.807, 2.05) is 4.90 Å². The molecule has 0 unspecified atom stereocenters. The summed E-state index contributed by atoms with van der Waals surface area (Å²) >= 11 is 0. The van der Waals surface area contributed by atoms with Crippen molar-refractivity contribution in [3.05, 3.63) is 58.0 Å². The molecule has 0 saturated carbocycles. The van der Waals surface area contributed by atoms with E-state index in [2.05, 4.69) is 14.9 Å². The topological polar surface area (TPSA) is 75.4 Å². The maximum atomic E-state index is 12.7. The van der Waals surface area contributed by atoms with Gasteiger partial charge < -0.3 is 4.90 Å². The van der Waals surface area contributed by atoms with Crippen LogP contribution in [0.3, 0.4) is 0 Å². The molecule has 0 amide bonds. The Labute approximate surface area is 143 Å². The van der Waals surface area contributed by atoms with Crippen LogP contribution >= 0.6 is 0 Å². The van der Waals surface area contributed by atoms with Gasteiger partial charge in [-0.2, -0.15) is 0 Å². The Morgan fingerprint density at radius 1 is 1.12 bits per heavy atom. The minimum absolute atomic E-state index is 0.0761. The van der Waals surface area contributed by atoms with Crippen molar-refractivity contribution in [3.8, 4) is 0 Å². The van der Waals surface area contributed by atoms with Crippen LogP contribution in [0.4, 0.5) is 20.3 Å². The Kier molecular flexibility index (Phi) is 5.13. The summed E-state index contributed by atoms with van der Waals surface area (Å²) in [6, 6.07) is 7.83. The number of alkyl halides is 2. The van der Waals surface area contributed by atoms with Gasteiger partial charge in [0, 0.05) is 50.9 Å². The Hall–Kier alpha value is -2.68. The van der Waals surface area contributed by atoms with Crippen LogP contribution < -0.4 is 4.90 Å². The third kappa shape index (κ3) is 4.24. The number of non-ortho nitro benzene ring substituents is 1. The van der Waals surface area contributed by atoms with Crippen molar-refractivity contribution in [1.82, 2.24) is 14.9 Å². The molecule has 1 aromatic heterocycles. The van der Waals surface area contributed by atoms with Gasteiger partial charge in [-0.05, 0) is 5.56 Å². The fraction of sp³-hybridized carbons (Fsp3) is 0.375. The zero-order valence-electron chi connectivity index (χ0n) is 13.4. The number of nitrogens with zero attached hydrogens (tertiary/aromatic N) is 5. The highest BCUT2D eigenvalue weighted by molar-refractivity contribution is 5.40. The molecule has 2 aromatic rings. The van der Waals surface area contributed by atoms with E-state index in [4.69, 9.17) is 0 Å². The smallest absolute Gasteiger partial charge is 0.280 e. The van der Waals surface area contributed by atoms with Gasteiger partial charge in [0.15, 0.2) is 0 Å². The molecule has 0 atom stereocenters. The van der Waals surface area contributed by atoms with Gasteiger partial charge in [0.05, 0.1) is 4.92 Å². The first-order valence-electron chi connectivity index (χ1n) is 7.83. The summed E-state index contributed by atoms with van der Waals surface area (Å²) < 4.78 is 25.5. The van der Waals surface area contributed by atoms with Crippen molar-refractivity contribution in [2.24, 2.45) is 0 Å². The summed E-state index contributed by atoms with van der Waals surface area (Å²) in [5.41, 5.74) is 0.812. The monoisotopic (exact) mass is 349 g/mol. The highest BCUT2D eigenvalue weighted by atomic mass is 19.3. The Morgan fingerprint density at radius 2 is 1.80 bits per heavy atom. The third-order valence-corrected chi connectivity index (χ3v) is 4.15. The van der Waals surface area contributed by atoms with Crippen molar-refractivity contribution < 1.29 is 13.7 Å². The van der Waals surface area contributed by atoms with Gasteiger partial charge >= 0.3 is 0 Å². The Morgan fingerprint density at radius 3 is 2.40 bits per heavy atom. The van der Waals surface area contributed by atoms with Gasteiger partial charge in [0.1, 0.15) is 17.8 Å². The molecule has 0 N–H and O–H groups in total. The standard InChI is InChI=1S/C16H17F2N5O2/c17-16(18)14-9-15(20-11-19-14)22-7-5-21(6-8-22)10-12-1-3-13(4-2-12)23(24)25/h1-4,9,11,16H,5-8,10H2. The van der Waals surface area contributed by atoms with E-state index in [1.54, 1.807) is 12.1 Å². The largest absolute Gasteiger partial charge is 0.354 e. The Bertz CT molecular complexity index is 734. The lowest BCUT2D eigenvalue weighted by Crippen LogP contribution is -2.46. The van der Waals surface area contributed by atoms with E-state index in [9.17, 15) is 18.9 Å². The molecule has 0 bridgehead atoms. The fourth-order valence-electron chi connectivity index (χ4n) is 2.77. The van der Waals surface area contributed by atoms with Gasteiger partial charge in [0.2, 0.25) is 0 Å². The predicted octanol–water partition coefficient (Wildman–Crippen LogP) is 2.64. The molecule has 2 heterocycles. The minimum atomic E-state index is -2.61. The van der Waals surface area contributed by atoms with E-state index in [-0.39, 0.29) is 11.4 Å². The normalized spacial score (nSPS) is 15.6. The fourth-order valence-corrected chi connectivity index (χ4v) is 2.77. The molecule has 1 aliphatic heterocycles. The van der Waals surface area contributed by atoms with Crippen LogP contribution in [0.5, 0.6) is 0 Å². The summed E-state index contributed by atoms with van der Waals surface area (Å²) in [7, 11) is 0. The first-order chi connectivity index (χ1) is 12.0. The van der Waals surface area contributed by atoms with Crippen molar-refractivity contribution in [3.63, 3.8) is 0 Å². The van der Waals surface area contributed by atoms with Crippen molar-refractivity contribution in [2.75, 3.05) is 31.1 Å². The average Bonchev–Trinajstić information content (AvgIpc) is 2.63. The van der Waals surface area contributed by atoms with E-state index in [0.29, 0.717) is 25.5 Å². The number of rotatable bonds is 5. The second kappa shape index (κ2) is 7.47. The van der Waals surface area contributed by atoms with Crippen LogP contribution in [0.15, 0.2) is 36.7 Å². The van der Waals surface area contributed by atoms with Crippen LogP contribution in [0.1, 0.15) is 17.7 Å². The molecular formula is C16H17F2N5O2. The molecule has 1 saturated heterocycles. The molecule has 132 valence electrons. The number of anilines is 1. The zero-order valence-corrected chi connectivity index (χ0v) is 13.4. The average molecular weight is 349 g/mol. The van der Waals surface area contributed by atoms with Crippen LogP contribution in [0.2, 0.25) is 0 Å². The van der Waals surface area contributed by atoms with E-state index in [0.717, 1.165) is 18.7 Å². The number of hydrogen-bond acceptors (Lipinski definition) is 6. The first-order valence-corrected chi connectivity index (χ1v) is 7.83. The highest BCUT2D eigenvalue weighted by Gasteiger charge is 2.20. The summed E-state index contributed by atoms with van der Waals surface area (Å²) in [4.78, 5) is 22.1.